The van der Waals surface area contributed by atoms with Crippen molar-refractivity contribution in [3.05, 3.63) is 41.2 Å². The summed E-state index contributed by atoms with van der Waals surface area (Å²) in [6.07, 6.45) is 1.97. The quantitative estimate of drug-likeness (QED) is 0.941. The first-order valence-corrected chi connectivity index (χ1v) is 7.04. The molecule has 1 heterocycles. The number of benzene rings is 1. The number of carbonyl (C=O) groups is 1. The first-order chi connectivity index (χ1) is 10.1. The molecule has 0 radical (unpaired) electrons. The maximum atomic E-state index is 11.2. The Labute approximate surface area is 123 Å². The fraction of sp³-hybridized carbons (Fsp3) is 0.375. The molecule has 0 saturated heterocycles. The molecule has 2 aromatic rings. The predicted molar refractivity (Wildman–Crippen MR) is 78.0 cm³/mol. The number of aryl methyl sites for hydroxylation is 1. The number of hydrogen-bond acceptors (Lipinski definition) is 3. The third-order valence-electron chi connectivity index (χ3n) is 4.12. The Morgan fingerprint density at radius 1 is 1.48 bits per heavy atom. The summed E-state index contributed by atoms with van der Waals surface area (Å²) in [7, 11) is 1.64. The molecule has 110 valence electrons. The number of rotatable bonds is 3. The SMILES string of the molecule is COc1cccc(-n2nc(C)c3c2CCC(C(=O)O)C3)c1. The fourth-order valence-electron chi connectivity index (χ4n) is 2.96. The third-order valence-corrected chi connectivity index (χ3v) is 4.12. The van der Waals surface area contributed by atoms with E-state index in [4.69, 9.17) is 4.74 Å². The molecule has 1 aliphatic rings. The highest BCUT2D eigenvalue weighted by Crippen LogP contribution is 2.30. The van der Waals surface area contributed by atoms with Crippen molar-refractivity contribution in [2.75, 3.05) is 7.11 Å². The van der Waals surface area contributed by atoms with E-state index in [0.29, 0.717) is 12.8 Å². The normalized spacial score (nSPS) is 17.3. The highest BCUT2D eigenvalue weighted by atomic mass is 16.5. The van der Waals surface area contributed by atoms with Crippen LogP contribution in [-0.2, 0) is 17.6 Å². The number of ether oxygens (including phenoxy) is 1. The summed E-state index contributed by atoms with van der Waals surface area (Å²) in [5, 5.41) is 13.8. The summed E-state index contributed by atoms with van der Waals surface area (Å²) in [6.45, 7) is 1.94. The van der Waals surface area contributed by atoms with Gasteiger partial charge in [0.05, 0.1) is 24.4 Å². The van der Waals surface area contributed by atoms with Crippen LogP contribution in [0.25, 0.3) is 5.69 Å². The van der Waals surface area contributed by atoms with Gasteiger partial charge in [0, 0.05) is 11.8 Å². The summed E-state index contributed by atoms with van der Waals surface area (Å²) in [6, 6.07) is 7.75. The monoisotopic (exact) mass is 286 g/mol. The van der Waals surface area contributed by atoms with Gasteiger partial charge in [0.1, 0.15) is 5.75 Å². The number of methoxy groups -OCH3 is 1. The molecule has 1 unspecified atom stereocenters. The van der Waals surface area contributed by atoms with E-state index >= 15 is 0 Å². The topological polar surface area (TPSA) is 64.4 Å². The second-order valence-corrected chi connectivity index (χ2v) is 5.40. The van der Waals surface area contributed by atoms with Gasteiger partial charge in [0.2, 0.25) is 0 Å². The average molecular weight is 286 g/mol. The zero-order valence-electron chi connectivity index (χ0n) is 12.2. The van der Waals surface area contributed by atoms with Gasteiger partial charge in [-0.2, -0.15) is 5.10 Å². The summed E-state index contributed by atoms with van der Waals surface area (Å²) < 4.78 is 7.18. The molecule has 1 aromatic heterocycles. The van der Waals surface area contributed by atoms with E-state index in [1.807, 2.05) is 35.9 Å². The Kier molecular flexibility index (Phi) is 3.41. The van der Waals surface area contributed by atoms with E-state index in [0.717, 1.165) is 34.8 Å². The fourth-order valence-corrected chi connectivity index (χ4v) is 2.96. The summed E-state index contributed by atoms with van der Waals surface area (Å²) in [5.41, 5.74) is 4.07. The molecule has 1 atom stereocenters. The van der Waals surface area contributed by atoms with Crippen LogP contribution >= 0.6 is 0 Å². The predicted octanol–water partition coefficient (Wildman–Crippen LogP) is 2.38. The summed E-state index contributed by atoms with van der Waals surface area (Å²) >= 11 is 0. The Bertz CT molecular complexity index is 691. The summed E-state index contributed by atoms with van der Waals surface area (Å²) in [4.78, 5) is 11.2. The van der Waals surface area contributed by atoms with Crippen molar-refractivity contribution in [3.63, 3.8) is 0 Å². The second kappa shape index (κ2) is 5.24. The van der Waals surface area contributed by atoms with Crippen LogP contribution in [0.5, 0.6) is 5.75 Å². The minimum atomic E-state index is -0.714. The lowest BCUT2D eigenvalue weighted by Crippen LogP contribution is -2.23. The van der Waals surface area contributed by atoms with Crippen LogP contribution in [0.3, 0.4) is 0 Å². The molecule has 21 heavy (non-hydrogen) atoms. The van der Waals surface area contributed by atoms with E-state index in [9.17, 15) is 9.90 Å². The number of hydrogen-bond donors (Lipinski definition) is 1. The smallest absolute Gasteiger partial charge is 0.306 e. The maximum Gasteiger partial charge on any atom is 0.306 e. The van der Waals surface area contributed by atoms with Gasteiger partial charge in [-0.1, -0.05) is 6.07 Å². The van der Waals surface area contributed by atoms with Crippen LogP contribution in [0.2, 0.25) is 0 Å². The van der Waals surface area contributed by atoms with Gasteiger partial charge in [-0.3, -0.25) is 4.79 Å². The second-order valence-electron chi connectivity index (χ2n) is 5.40. The molecule has 5 heteroatoms. The molecule has 3 rings (SSSR count). The van der Waals surface area contributed by atoms with Crippen molar-refractivity contribution in [3.8, 4) is 11.4 Å². The minimum Gasteiger partial charge on any atom is -0.497 e. The van der Waals surface area contributed by atoms with Crippen LogP contribution in [-0.4, -0.2) is 28.0 Å². The number of nitrogens with zero attached hydrogens (tertiary/aromatic N) is 2. The maximum absolute atomic E-state index is 11.2. The van der Waals surface area contributed by atoms with Gasteiger partial charge < -0.3 is 9.84 Å². The zero-order valence-corrected chi connectivity index (χ0v) is 12.2. The van der Waals surface area contributed by atoms with Gasteiger partial charge in [0.15, 0.2) is 0 Å². The molecular formula is C16H18N2O3. The van der Waals surface area contributed by atoms with Crippen LogP contribution in [0.15, 0.2) is 24.3 Å². The molecule has 5 nitrogen and oxygen atoms in total. The van der Waals surface area contributed by atoms with Gasteiger partial charge in [-0.25, -0.2) is 4.68 Å². The Balaban J connectivity index is 2.02. The van der Waals surface area contributed by atoms with Crippen LogP contribution < -0.4 is 4.74 Å². The molecular weight excluding hydrogens is 268 g/mol. The first kappa shape index (κ1) is 13.7. The van der Waals surface area contributed by atoms with Crippen molar-refractivity contribution in [2.24, 2.45) is 5.92 Å². The number of aliphatic carboxylic acids is 1. The van der Waals surface area contributed by atoms with Crippen molar-refractivity contribution >= 4 is 5.97 Å². The van der Waals surface area contributed by atoms with Gasteiger partial charge in [-0.15, -0.1) is 0 Å². The number of carboxylic acid groups (broad SMARTS) is 1. The van der Waals surface area contributed by atoms with Crippen molar-refractivity contribution < 1.29 is 14.6 Å². The third kappa shape index (κ3) is 2.39. The van der Waals surface area contributed by atoms with E-state index < -0.39 is 5.97 Å². The lowest BCUT2D eigenvalue weighted by atomic mass is 9.86. The minimum absolute atomic E-state index is 0.292. The lowest BCUT2D eigenvalue weighted by molar-refractivity contribution is -0.142. The molecule has 1 aromatic carbocycles. The average Bonchev–Trinajstić information content (AvgIpc) is 2.84. The number of carboxylic acids is 1. The largest absolute Gasteiger partial charge is 0.497 e. The standard InChI is InChI=1S/C16H18N2O3/c1-10-14-8-11(16(19)20)6-7-15(14)18(17-10)12-4-3-5-13(9-12)21-2/h3-5,9,11H,6-8H2,1-2H3,(H,19,20). The molecule has 1 aliphatic carbocycles. The molecule has 0 bridgehead atoms. The molecule has 0 amide bonds. The van der Waals surface area contributed by atoms with Crippen LogP contribution in [0.4, 0.5) is 0 Å². The van der Waals surface area contributed by atoms with Crippen LogP contribution in [0.1, 0.15) is 23.4 Å². The first-order valence-electron chi connectivity index (χ1n) is 7.04. The highest BCUT2D eigenvalue weighted by Gasteiger charge is 2.29. The van der Waals surface area contributed by atoms with E-state index in [-0.39, 0.29) is 5.92 Å². The molecule has 1 N–H and O–H groups in total. The van der Waals surface area contributed by atoms with E-state index in [1.165, 1.54) is 0 Å². The highest BCUT2D eigenvalue weighted by molar-refractivity contribution is 5.71. The molecule has 0 aliphatic heterocycles. The molecule has 0 spiro atoms. The summed E-state index contributed by atoms with van der Waals surface area (Å²) in [5.74, 6) is -0.220. The number of fused-ring (bicyclic) bond motifs is 1. The number of aromatic nitrogens is 2. The van der Waals surface area contributed by atoms with Gasteiger partial charge in [-0.05, 0) is 43.9 Å². The lowest BCUT2D eigenvalue weighted by Gasteiger charge is -2.20. The van der Waals surface area contributed by atoms with E-state index in [2.05, 4.69) is 5.10 Å². The Morgan fingerprint density at radius 2 is 2.29 bits per heavy atom. The van der Waals surface area contributed by atoms with Gasteiger partial charge >= 0.3 is 5.97 Å². The van der Waals surface area contributed by atoms with Crippen molar-refractivity contribution in [1.29, 1.82) is 0 Å². The van der Waals surface area contributed by atoms with Crippen molar-refractivity contribution in [2.45, 2.75) is 26.2 Å². The van der Waals surface area contributed by atoms with Crippen LogP contribution in [0, 0.1) is 12.8 Å². The Hall–Kier alpha value is -2.30. The van der Waals surface area contributed by atoms with E-state index in [1.54, 1.807) is 7.11 Å². The molecule has 0 saturated carbocycles. The van der Waals surface area contributed by atoms with Crippen molar-refractivity contribution in [1.82, 2.24) is 9.78 Å². The Morgan fingerprint density at radius 3 is 3.00 bits per heavy atom. The molecule has 0 fully saturated rings. The van der Waals surface area contributed by atoms with Gasteiger partial charge in [0.25, 0.3) is 0 Å². The zero-order chi connectivity index (χ0) is 15.0.